The number of anilines is 2. The Kier molecular flexibility index (Phi) is 7.02. The molecule has 4 aromatic rings. The highest BCUT2D eigenvalue weighted by molar-refractivity contribution is 7.80. The maximum Gasteiger partial charge on any atom is 0.176 e. The number of rotatable bonds is 6. The number of aryl methyl sites for hydroxylation is 2. The van der Waals surface area contributed by atoms with E-state index in [0.717, 1.165) is 22.6 Å². The van der Waals surface area contributed by atoms with Gasteiger partial charge in [-0.1, -0.05) is 59.1 Å². The number of nitrogens with zero attached hydrogens (tertiary/aromatic N) is 4. The Labute approximate surface area is 208 Å². The second-order valence-electron chi connectivity index (χ2n) is 7.92. The van der Waals surface area contributed by atoms with E-state index in [2.05, 4.69) is 52.0 Å². The maximum absolute atomic E-state index is 6.15. The fraction of sp³-hybridized carbons (Fsp3) is 0.208. The van der Waals surface area contributed by atoms with Crippen LogP contribution in [0.2, 0.25) is 10.0 Å². The van der Waals surface area contributed by atoms with Crippen molar-refractivity contribution in [3.63, 3.8) is 0 Å². The predicted molar refractivity (Wildman–Crippen MR) is 140 cm³/mol. The second kappa shape index (κ2) is 9.95. The molecule has 0 unspecified atom stereocenters. The summed E-state index contributed by atoms with van der Waals surface area (Å²) in [6, 6.07) is 15.9. The summed E-state index contributed by atoms with van der Waals surface area (Å²) in [5.41, 5.74) is 6.13. The van der Waals surface area contributed by atoms with Crippen LogP contribution in [0.4, 0.5) is 11.5 Å². The van der Waals surface area contributed by atoms with Gasteiger partial charge in [-0.05, 0) is 56.2 Å². The molecule has 2 aromatic heterocycles. The van der Waals surface area contributed by atoms with Crippen LogP contribution in [0, 0.1) is 20.8 Å². The van der Waals surface area contributed by atoms with Crippen molar-refractivity contribution in [3.05, 3.63) is 92.9 Å². The molecule has 9 heteroatoms. The zero-order valence-corrected chi connectivity index (χ0v) is 20.9. The molecule has 0 spiro atoms. The Morgan fingerprint density at radius 3 is 2.33 bits per heavy atom. The van der Waals surface area contributed by atoms with Crippen molar-refractivity contribution in [1.29, 1.82) is 0 Å². The molecule has 0 aliphatic rings. The van der Waals surface area contributed by atoms with E-state index in [1.165, 1.54) is 11.1 Å². The van der Waals surface area contributed by atoms with Gasteiger partial charge in [-0.15, -0.1) is 0 Å². The van der Waals surface area contributed by atoms with E-state index >= 15 is 0 Å². The van der Waals surface area contributed by atoms with E-state index in [4.69, 9.17) is 35.4 Å². The Bertz CT molecular complexity index is 1290. The smallest absolute Gasteiger partial charge is 0.176 e. The average molecular weight is 499 g/mol. The first kappa shape index (κ1) is 23.3. The van der Waals surface area contributed by atoms with E-state index < -0.39 is 0 Å². The third kappa shape index (κ3) is 5.74. The predicted octanol–water partition coefficient (Wildman–Crippen LogP) is 6.22. The summed E-state index contributed by atoms with van der Waals surface area (Å²) in [6.07, 6.45) is 1.93. The van der Waals surface area contributed by atoms with Crippen molar-refractivity contribution in [2.45, 2.75) is 33.9 Å². The SMILES string of the molecule is Cc1ccc(Cn2ccc(NC(=S)Nc3c(C)nn(Cc4ccc(Cl)c(Cl)c4)c3C)n2)cc1. The summed E-state index contributed by atoms with van der Waals surface area (Å²) in [7, 11) is 0. The van der Waals surface area contributed by atoms with Crippen LogP contribution in [-0.2, 0) is 13.1 Å². The van der Waals surface area contributed by atoms with Crippen molar-refractivity contribution in [1.82, 2.24) is 19.6 Å². The van der Waals surface area contributed by atoms with Gasteiger partial charge in [-0.25, -0.2) is 0 Å². The fourth-order valence-corrected chi connectivity index (χ4v) is 4.03. The van der Waals surface area contributed by atoms with E-state index in [0.29, 0.717) is 34.1 Å². The number of nitrogens with one attached hydrogen (secondary N) is 2. The Balaban J connectivity index is 1.40. The van der Waals surface area contributed by atoms with Gasteiger partial charge in [0.2, 0.25) is 0 Å². The minimum atomic E-state index is 0.455. The molecule has 2 heterocycles. The highest BCUT2D eigenvalue weighted by Crippen LogP contribution is 2.25. The number of aromatic nitrogens is 4. The molecule has 4 rings (SSSR count). The molecule has 2 N–H and O–H groups in total. The lowest BCUT2D eigenvalue weighted by molar-refractivity contribution is 0.659. The Hall–Kier alpha value is -2.87. The number of hydrogen-bond donors (Lipinski definition) is 2. The van der Waals surface area contributed by atoms with Crippen molar-refractivity contribution >= 4 is 52.0 Å². The highest BCUT2D eigenvalue weighted by atomic mass is 35.5. The number of halogens is 2. The van der Waals surface area contributed by atoms with Gasteiger partial charge in [0.05, 0.1) is 40.2 Å². The molecular formula is C24H24Cl2N6S. The topological polar surface area (TPSA) is 59.7 Å². The van der Waals surface area contributed by atoms with Gasteiger partial charge in [0.15, 0.2) is 10.9 Å². The van der Waals surface area contributed by atoms with Crippen molar-refractivity contribution < 1.29 is 0 Å². The van der Waals surface area contributed by atoms with Crippen LogP contribution in [0.25, 0.3) is 0 Å². The molecule has 0 aliphatic heterocycles. The third-order valence-corrected chi connectivity index (χ3v) is 6.23. The highest BCUT2D eigenvalue weighted by Gasteiger charge is 2.14. The molecule has 0 amide bonds. The first-order valence-corrected chi connectivity index (χ1v) is 11.6. The zero-order valence-electron chi connectivity index (χ0n) is 18.6. The quantitative estimate of drug-likeness (QED) is 0.309. The van der Waals surface area contributed by atoms with Gasteiger partial charge in [0.25, 0.3) is 0 Å². The summed E-state index contributed by atoms with van der Waals surface area (Å²) in [6.45, 7) is 7.29. The van der Waals surface area contributed by atoms with Crippen LogP contribution < -0.4 is 10.6 Å². The largest absolute Gasteiger partial charge is 0.329 e. The van der Waals surface area contributed by atoms with E-state index in [1.54, 1.807) is 6.07 Å². The molecule has 170 valence electrons. The third-order valence-electron chi connectivity index (χ3n) is 5.28. The average Bonchev–Trinajstić information content (AvgIpc) is 3.31. The molecule has 33 heavy (non-hydrogen) atoms. The molecule has 0 radical (unpaired) electrons. The van der Waals surface area contributed by atoms with Gasteiger partial charge in [-0.3, -0.25) is 9.36 Å². The van der Waals surface area contributed by atoms with Gasteiger partial charge in [0, 0.05) is 12.3 Å². The first-order valence-electron chi connectivity index (χ1n) is 10.4. The number of hydrogen-bond acceptors (Lipinski definition) is 3. The van der Waals surface area contributed by atoms with Crippen LogP contribution in [0.1, 0.15) is 28.1 Å². The first-order chi connectivity index (χ1) is 15.8. The minimum absolute atomic E-state index is 0.455. The molecule has 0 atom stereocenters. The molecule has 0 fully saturated rings. The summed E-state index contributed by atoms with van der Waals surface area (Å²) < 4.78 is 3.79. The number of benzene rings is 2. The molecular weight excluding hydrogens is 475 g/mol. The van der Waals surface area contributed by atoms with Crippen molar-refractivity contribution in [3.8, 4) is 0 Å². The van der Waals surface area contributed by atoms with E-state index in [-0.39, 0.29) is 0 Å². The van der Waals surface area contributed by atoms with Crippen LogP contribution >= 0.6 is 35.4 Å². The zero-order chi connectivity index (χ0) is 23.5. The summed E-state index contributed by atoms with van der Waals surface area (Å²) in [5, 5.41) is 17.1. The monoisotopic (exact) mass is 498 g/mol. The standard InChI is InChI=1S/C24H24Cl2N6S/c1-15-4-6-18(7-5-15)13-31-11-10-22(30-31)27-24(33)28-23-16(2)29-32(17(23)3)14-19-8-9-20(25)21(26)12-19/h4-12H,13-14H2,1-3H3,(H2,27,28,30,33). The Morgan fingerprint density at radius 2 is 1.61 bits per heavy atom. The van der Waals surface area contributed by atoms with Crippen molar-refractivity contribution in [2.24, 2.45) is 0 Å². The summed E-state index contributed by atoms with van der Waals surface area (Å²) >= 11 is 17.7. The molecule has 0 saturated carbocycles. The number of thiocarbonyl (C=S) groups is 1. The summed E-state index contributed by atoms with van der Waals surface area (Å²) in [4.78, 5) is 0. The van der Waals surface area contributed by atoms with E-state index in [1.807, 2.05) is 47.6 Å². The molecule has 0 saturated heterocycles. The fourth-order valence-electron chi connectivity index (χ4n) is 3.50. The van der Waals surface area contributed by atoms with Gasteiger partial charge < -0.3 is 10.6 Å². The second-order valence-corrected chi connectivity index (χ2v) is 9.14. The lowest BCUT2D eigenvalue weighted by Crippen LogP contribution is -2.20. The molecule has 2 aromatic carbocycles. The van der Waals surface area contributed by atoms with Crippen molar-refractivity contribution in [2.75, 3.05) is 10.6 Å². The van der Waals surface area contributed by atoms with Crippen LogP contribution in [0.3, 0.4) is 0 Å². The Morgan fingerprint density at radius 1 is 0.879 bits per heavy atom. The van der Waals surface area contributed by atoms with Crippen LogP contribution in [-0.4, -0.2) is 24.7 Å². The van der Waals surface area contributed by atoms with Crippen LogP contribution in [0.5, 0.6) is 0 Å². The lowest BCUT2D eigenvalue weighted by Gasteiger charge is -2.10. The lowest BCUT2D eigenvalue weighted by atomic mass is 10.1. The maximum atomic E-state index is 6.15. The molecule has 0 bridgehead atoms. The van der Waals surface area contributed by atoms with Gasteiger partial charge >= 0.3 is 0 Å². The van der Waals surface area contributed by atoms with Crippen LogP contribution in [0.15, 0.2) is 54.7 Å². The van der Waals surface area contributed by atoms with Gasteiger partial charge in [0.1, 0.15) is 0 Å². The normalized spacial score (nSPS) is 10.9. The van der Waals surface area contributed by atoms with E-state index in [9.17, 15) is 0 Å². The molecule has 6 nitrogen and oxygen atoms in total. The minimum Gasteiger partial charge on any atom is -0.329 e. The molecule has 0 aliphatic carbocycles. The summed E-state index contributed by atoms with van der Waals surface area (Å²) in [5.74, 6) is 0.679. The van der Waals surface area contributed by atoms with Gasteiger partial charge in [-0.2, -0.15) is 10.2 Å².